The number of thiophene rings is 1. The van der Waals surface area contributed by atoms with Crippen molar-refractivity contribution in [3.8, 4) is 0 Å². The molecule has 0 aliphatic heterocycles. The van der Waals surface area contributed by atoms with Crippen molar-refractivity contribution in [1.29, 1.82) is 0 Å². The molecule has 1 aromatic carbocycles. The number of fused-ring (bicyclic) bond motifs is 1. The van der Waals surface area contributed by atoms with Crippen LogP contribution in [0.15, 0.2) is 41.9 Å². The van der Waals surface area contributed by atoms with E-state index in [9.17, 15) is 9.18 Å². The Hall–Kier alpha value is -2.07. The summed E-state index contributed by atoms with van der Waals surface area (Å²) >= 11 is 1.53. The quantitative estimate of drug-likeness (QED) is 0.660. The highest BCUT2D eigenvalue weighted by molar-refractivity contribution is 7.17. The Kier molecular flexibility index (Phi) is 2.87. The van der Waals surface area contributed by atoms with E-state index in [1.54, 1.807) is 19.1 Å². The van der Waals surface area contributed by atoms with Gasteiger partial charge in [-0.2, -0.15) is 0 Å². The second kappa shape index (κ2) is 4.55. The number of hydrogen-bond donors (Lipinski definition) is 0. The maximum absolute atomic E-state index is 13.3. The Labute approximate surface area is 113 Å². The van der Waals surface area contributed by atoms with Crippen molar-refractivity contribution < 1.29 is 9.18 Å². The SMILES string of the molecule is Cc1cc(F)cc(C(=O)c2cnc3ccsc3c2)c1. The summed E-state index contributed by atoms with van der Waals surface area (Å²) in [6.07, 6.45) is 1.54. The predicted octanol–water partition coefficient (Wildman–Crippen LogP) is 3.97. The lowest BCUT2D eigenvalue weighted by Gasteiger charge is -2.03. The number of carbonyl (C=O) groups is 1. The summed E-state index contributed by atoms with van der Waals surface area (Å²) in [5, 5.41) is 1.93. The van der Waals surface area contributed by atoms with Gasteiger partial charge in [0.1, 0.15) is 5.82 Å². The zero-order valence-electron chi connectivity index (χ0n) is 10.2. The standard InChI is InChI=1S/C15H10FNOS/c1-9-4-10(6-12(16)5-9)15(18)11-7-14-13(17-8-11)2-3-19-14/h2-8H,1H3. The summed E-state index contributed by atoms with van der Waals surface area (Å²) in [6, 6.07) is 8.05. The van der Waals surface area contributed by atoms with Gasteiger partial charge in [0.25, 0.3) is 0 Å². The summed E-state index contributed by atoms with van der Waals surface area (Å²) in [7, 11) is 0. The number of ketones is 1. The Morgan fingerprint density at radius 2 is 2.05 bits per heavy atom. The number of aromatic nitrogens is 1. The first-order valence-electron chi connectivity index (χ1n) is 5.78. The van der Waals surface area contributed by atoms with Crippen LogP contribution in [-0.2, 0) is 0 Å². The zero-order chi connectivity index (χ0) is 13.4. The summed E-state index contributed by atoms with van der Waals surface area (Å²) in [5.41, 5.74) is 2.45. The van der Waals surface area contributed by atoms with Gasteiger partial charge in [-0.3, -0.25) is 9.78 Å². The van der Waals surface area contributed by atoms with Crippen molar-refractivity contribution in [1.82, 2.24) is 4.98 Å². The van der Waals surface area contributed by atoms with Gasteiger partial charge in [-0.15, -0.1) is 11.3 Å². The molecule has 0 aliphatic rings. The Morgan fingerprint density at radius 1 is 1.21 bits per heavy atom. The first-order valence-corrected chi connectivity index (χ1v) is 6.66. The first-order chi connectivity index (χ1) is 9.13. The van der Waals surface area contributed by atoms with Gasteiger partial charge in [0.05, 0.1) is 10.2 Å². The van der Waals surface area contributed by atoms with E-state index in [1.165, 1.54) is 29.7 Å². The van der Waals surface area contributed by atoms with Crippen LogP contribution in [-0.4, -0.2) is 10.8 Å². The molecule has 2 heterocycles. The van der Waals surface area contributed by atoms with Gasteiger partial charge in [-0.25, -0.2) is 4.39 Å². The molecule has 0 atom stereocenters. The van der Waals surface area contributed by atoms with E-state index in [-0.39, 0.29) is 5.78 Å². The number of rotatable bonds is 2. The molecule has 0 saturated carbocycles. The minimum absolute atomic E-state index is 0.203. The lowest BCUT2D eigenvalue weighted by atomic mass is 10.0. The van der Waals surface area contributed by atoms with Crippen LogP contribution in [0.1, 0.15) is 21.5 Å². The molecule has 94 valence electrons. The van der Waals surface area contributed by atoms with E-state index in [1.807, 2.05) is 11.4 Å². The minimum atomic E-state index is -0.395. The van der Waals surface area contributed by atoms with Gasteiger partial charge in [0.2, 0.25) is 0 Å². The number of nitrogens with zero attached hydrogens (tertiary/aromatic N) is 1. The molecule has 0 saturated heterocycles. The van der Waals surface area contributed by atoms with Crippen molar-refractivity contribution in [3.05, 3.63) is 64.4 Å². The van der Waals surface area contributed by atoms with Gasteiger partial charge in [0, 0.05) is 17.3 Å². The molecule has 19 heavy (non-hydrogen) atoms. The Balaban J connectivity index is 2.07. The van der Waals surface area contributed by atoms with E-state index in [4.69, 9.17) is 0 Å². The van der Waals surface area contributed by atoms with Crippen molar-refractivity contribution >= 4 is 27.3 Å². The monoisotopic (exact) mass is 271 g/mol. The van der Waals surface area contributed by atoms with Crippen LogP contribution in [0.3, 0.4) is 0 Å². The molecule has 0 N–H and O–H groups in total. The maximum Gasteiger partial charge on any atom is 0.194 e. The molecule has 0 fully saturated rings. The van der Waals surface area contributed by atoms with E-state index in [0.29, 0.717) is 11.1 Å². The number of halogens is 1. The molecule has 0 aliphatic carbocycles. The van der Waals surface area contributed by atoms with Crippen LogP contribution in [0.4, 0.5) is 4.39 Å². The fourth-order valence-corrected chi connectivity index (χ4v) is 2.78. The lowest BCUT2D eigenvalue weighted by Crippen LogP contribution is -2.02. The van der Waals surface area contributed by atoms with Crippen molar-refractivity contribution in [2.24, 2.45) is 0 Å². The maximum atomic E-state index is 13.3. The summed E-state index contributed by atoms with van der Waals surface area (Å²) in [5.74, 6) is -0.598. The normalized spacial score (nSPS) is 10.8. The van der Waals surface area contributed by atoms with Crippen LogP contribution in [0.2, 0.25) is 0 Å². The molecule has 0 bridgehead atoms. The van der Waals surface area contributed by atoms with Crippen molar-refractivity contribution in [2.75, 3.05) is 0 Å². The van der Waals surface area contributed by atoms with Crippen LogP contribution in [0.5, 0.6) is 0 Å². The Bertz CT molecular complexity index is 758. The van der Waals surface area contributed by atoms with Gasteiger partial charge >= 0.3 is 0 Å². The largest absolute Gasteiger partial charge is 0.289 e. The fourth-order valence-electron chi connectivity index (χ4n) is 2.00. The van der Waals surface area contributed by atoms with Gasteiger partial charge in [-0.1, -0.05) is 0 Å². The van der Waals surface area contributed by atoms with Crippen molar-refractivity contribution in [2.45, 2.75) is 6.92 Å². The van der Waals surface area contributed by atoms with Gasteiger partial charge < -0.3 is 0 Å². The van der Waals surface area contributed by atoms with E-state index in [0.717, 1.165) is 15.8 Å². The van der Waals surface area contributed by atoms with Crippen molar-refractivity contribution in [3.63, 3.8) is 0 Å². The average Bonchev–Trinajstić information content (AvgIpc) is 2.83. The third-order valence-corrected chi connectivity index (χ3v) is 3.72. The predicted molar refractivity (Wildman–Crippen MR) is 74.2 cm³/mol. The molecule has 4 heteroatoms. The van der Waals surface area contributed by atoms with Gasteiger partial charge in [-0.05, 0) is 48.2 Å². The number of carbonyl (C=O) groups excluding carboxylic acids is 1. The Morgan fingerprint density at radius 3 is 2.84 bits per heavy atom. The highest BCUT2D eigenvalue weighted by Gasteiger charge is 2.12. The molecule has 0 radical (unpaired) electrons. The molecule has 2 nitrogen and oxygen atoms in total. The fraction of sp³-hybridized carbons (Fsp3) is 0.0667. The van der Waals surface area contributed by atoms with E-state index < -0.39 is 5.82 Å². The van der Waals surface area contributed by atoms with Gasteiger partial charge in [0.15, 0.2) is 5.78 Å². The third kappa shape index (κ3) is 2.27. The molecule has 3 aromatic rings. The highest BCUT2D eigenvalue weighted by Crippen LogP contribution is 2.21. The van der Waals surface area contributed by atoms with Crippen LogP contribution in [0, 0.1) is 12.7 Å². The minimum Gasteiger partial charge on any atom is -0.289 e. The molecule has 0 unspecified atom stereocenters. The second-order valence-electron chi connectivity index (χ2n) is 4.37. The summed E-state index contributed by atoms with van der Waals surface area (Å²) < 4.78 is 14.3. The second-order valence-corrected chi connectivity index (χ2v) is 5.32. The molecular weight excluding hydrogens is 261 g/mol. The topological polar surface area (TPSA) is 30.0 Å². The number of benzene rings is 1. The molecule has 0 spiro atoms. The average molecular weight is 271 g/mol. The van der Waals surface area contributed by atoms with E-state index >= 15 is 0 Å². The number of aryl methyl sites for hydroxylation is 1. The number of pyridine rings is 1. The molecular formula is C15H10FNOS. The van der Waals surface area contributed by atoms with Crippen LogP contribution < -0.4 is 0 Å². The zero-order valence-corrected chi connectivity index (χ0v) is 11.0. The molecule has 3 rings (SSSR count). The highest BCUT2D eigenvalue weighted by atomic mass is 32.1. The van der Waals surface area contributed by atoms with Crippen LogP contribution >= 0.6 is 11.3 Å². The summed E-state index contributed by atoms with van der Waals surface area (Å²) in [6.45, 7) is 1.76. The summed E-state index contributed by atoms with van der Waals surface area (Å²) in [4.78, 5) is 16.5. The van der Waals surface area contributed by atoms with Crippen LogP contribution in [0.25, 0.3) is 10.2 Å². The molecule has 0 amide bonds. The lowest BCUT2D eigenvalue weighted by molar-refractivity contribution is 0.103. The number of hydrogen-bond acceptors (Lipinski definition) is 3. The first kappa shape index (κ1) is 12.0. The van der Waals surface area contributed by atoms with E-state index in [2.05, 4.69) is 4.98 Å². The molecule has 2 aromatic heterocycles. The third-order valence-electron chi connectivity index (χ3n) is 2.87. The smallest absolute Gasteiger partial charge is 0.194 e.